The molecular formula is C17H28O8. The number of rotatable bonds is 9. The zero-order chi connectivity index (χ0) is 19.0. The summed E-state index contributed by atoms with van der Waals surface area (Å²) in [6.45, 7) is 3.57. The lowest BCUT2D eigenvalue weighted by Crippen LogP contribution is -2.58. The standard InChI is InChI=1S/C17H28O8/c1-6-7-8-9-11-17(2,24-10-21-3)14(18)12(15(19)22-4)13(25-11)16(20)23-5/h11,14,18H,6-10H2,1-5H3/t11-,14+,17+/m1/s1. The van der Waals surface area contributed by atoms with Gasteiger partial charge in [-0.2, -0.15) is 0 Å². The summed E-state index contributed by atoms with van der Waals surface area (Å²) in [5.74, 6) is -2.08. The minimum atomic E-state index is -1.44. The Kier molecular flexibility index (Phi) is 8.34. The predicted octanol–water partition coefficient (Wildman–Crippen LogP) is 1.31. The first-order valence-electron chi connectivity index (χ1n) is 8.25. The van der Waals surface area contributed by atoms with E-state index in [1.807, 2.05) is 0 Å². The Morgan fingerprint density at radius 3 is 2.32 bits per heavy atom. The van der Waals surface area contributed by atoms with Gasteiger partial charge in [0.25, 0.3) is 0 Å². The molecule has 144 valence electrons. The zero-order valence-electron chi connectivity index (χ0n) is 15.5. The van der Waals surface area contributed by atoms with E-state index in [0.717, 1.165) is 26.4 Å². The molecule has 25 heavy (non-hydrogen) atoms. The van der Waals surface area contributed by atoms with Gasteiger partial charge in [-0.25, -0.2) is 9.59 Å². The molecule has 0 aromatic carbocycles. The van der Waals surface area contributed by atoms with Crippen molar-refractivity contribution < 1.29 is 38.4 Å². The van der Waals surface area contributed by atoms with Crippen LogP contribution in [0, 0.1) is 0 Å². The van der Waals surface area contributed by atoms with Gasteiger partial charge in [0.05, 0.1) is 14.2 Å². The van der Waals surface area contributed by atoms with Crippen molar-refractivity contribution in [2.24, 2.45) is 0 Å². The molecule has 0 spiro atoms. The first-order valence-corrected chi connectivity index (χ1v) is 8.25. The second kappa shape index (κ2) is 9.74. The van der Waals surface area contributed by atoms with Crippen molar-refractivity contribution in [3.05, 3.63) is 11.3 Å². The summed E-state index contributed by atoms with van der Waals surface area (Å²) >= 11 is 0. The topological polar surface area (TPSA) is 101 Å². The predicted molar refractivity (Wildman–Crippen MR) is 87.4 cm³/mol. The molecule has 0 radical (unpaired) electrons. The van der Waals surface area contributed by atoms with Crippen molar-refractivity contribution in [1.82, 2.24) is 0 Å². The molecule has 1 heterocycles. The third kappa shape index (κ3) is 4.71. The number of hydrogen-bond acceptors (Lipinski definition) is 8. The van der Waals surface area contributed by atoms with Gasteiger partial charge < -0.3 is 28.8 Å². The van der Waals surface area contributed by atoms with Crippen LogP contribution >= 0.6 is 0 Å². The van der Waals surface area contributed by atoms with Crippen LogP contribution in [0.15, 0.2) is 11.3 Å². The maximum atomic E-state index is 12.1. The Morgan fingerprint density at radius 1 is 1.16 bits per heavy atom. The zero-order valence-corrected chi connectivity index (χ0v) is 15.5. The lowest BCUT2D eigenvalue weighted by Gasteiger charge is -2.44. The maximum absolute atomic E-state index is 12.1. The second-order valence-electron chi connectivity index (χ2n) is 5.97. The van der Waals surface area contributed by atoms with Crippen molar-refractivity contribution in [2.45, 2.75) is 57.3 Å². The van der Waals surface area contributed by atoms with E-state index in [4.69, 9.17) is 14.2 Å². The van der Waals surface area contributed by atoms with Crippen LogP contribution in [0.3, 0.4) is 0 Å². The number of methoxy groups -OCH3 is 3. The van der Waals surface area contributed by atoms with Crippen molar-refractivity contribution in [2.75, 3.05) is 28.1 Å². The molecular weight excluding hydrogens is 332 g/mol. The highest BCUT2D eigenvalue weighted by Crippen LogP contribution is 2.38. The largest absolute Gasteiger partial charge is 0.480 e. The van der Waals surface area contributed by atoms with Crippen LogP contribution in [0.2, 0.25) is 0 Å². The Labute approximate surface area is 148 Å². The molecule has 0 bridgehead atoms. The Bertz CT molecular complexity index is 501. The molecule has 1 N–H and O–H groups in total. The molecule has 0 aromatic rings. The van der Waals surface area contributed by atoms with Crippen molar-refractivity contribution in [1.29, 1.82) is 0 Å². The van der Waals surface area contributed by atoms with Crippen LogP contribution < -0.4 is 0 Å². The van der Waals surface area contributed by atoms with Crippen LogP contribution in [-0.4, -0.2) is 63.0 Å². The minimum Gasteiger partial charge on any atom is -0.480 e. The SMILES string of the molecule is CCCCC[C@H]1OC(C(=O)OC)=C(C(=O)OC)[C@H](O)[C@@]1(C)OCOC. The number of aliphatic hydroxyl groups is 1. The minimum absolute atomic E-state index is 0.108. The van der Waals surface area contributed by atoms with Crippen LogP contribution in [0.5, 0.6) is 0 Å². The number of hydrogen-bond donors (Lipinski definition) is 1. The highest BCUT2D eigenvalue weighted by Gasteiger charge is 2.53. The van der Waals surface area contributed by atoms with Gasteiger partial charge in [-0.05, 0) is 19.8 Å². The van der Waals surface area contributed by atoms with E-state index < -0.39 is 29.7 Å². The maximum Gasteiger partial charge on any atom is 0.374 e. The third-order valence-electron chi connectivity index (χ3n) is 4.29. The quantitative estimate of drug-likeness (QED) is 0.373. The van der Waals surface area contributed by atoms with E-state index in [1.165, 1.54) is 14.2 Å². The molecule has 8 heteroatoms. The summed E-state index contributed by atoms with van der Waals surface area (Å²) in [6, 6.07) is 0. The summed E-state index contributed by atoms with van der Waals surface area (Å²) in [4.78, 5) is 24.2. The van der Waals surface area contributed by atoms with Gasteiger partial charge in [-0.15, -0.1) is 0 Å². The lowest BCUT2D eigenvalue weighted by molar-refractivity contribution is -0.222. The highest BCUT2D eigenvalue weighted by molar-refractivity contribution is 6.00. The van der Waals surface area contributed by atoms with Gasteiger partial charge in [0.1, 0.15) is 30.2 Å². The molecule has 0 aliphatic carbocycles. The normalized spacial score (nSPS) is 26.2. The average molecular weight is 360 g/mol. The summed E-state index contributed by atoms with van der Waals surface area (Å²) < 4.78 is 25.7. The van der Waals surface area contributed by atoms with Gasteiger partial charge in [0, 0.05) is 7.11 Å². The lowest BCUT2D eigenvalue weighted by atomic mass is 9.82. The fraction of sp³-hybridized carbons (Fsp3) is 0.765. The third-order valence-corrected chi connectivity index (χ3v) is 4.29. The number of carbonyl (C=O) groups excluding carboxylic acids is 2. The van der Waals surface area contributed by atoms with Gasteiger partial charge >= 0.3 is 11.9 Å². The summed E-state index contributed by atoms with van der Waals surface area (Å²) in [6.07, 6.45) is 1.19. The van der Waals surface area contributed by atoms with Gasteiger partial charge in [-0.1, -0.05) is 19.8 Å². The van der Waals surface area contributed by atoms with Crippen LogP contribution in [0.1, 0.15) is 39.5 Å². The van der Waals surface area contributed by atoms with Crippen molar-refractivity contribution >= 4 is 11.9 Å². The van der Waals surface area contributed by atoms with E-state index in [0.29, 0.717) is 6.42 Å². The molecule has 8 nitrogen and oxygen atoms in total. The molecule has 0 amide bonds. The monoisotopic (exact) mass is 360 g/mol. The van der Waals surface area contributed by atoms with Crippen LogP contribution in [0.4, 0.5) is 0 Å². The molecule has 3 atom stereocenters. The van der Waals surface area contributed by atoms with E-state index in [1.54, 1.807) is 6.92 Å². The molecule has 1 aliphatic rings. The number of esters is 2. The van der Waals surface area contributed by atoms with Crippen molar-refractivity contribution in [3.63, 3.8) is 0 Å². The summed E-state index contributed by atoms with van der Waals surface area (Å²) in [7, 11) is 3.77. The Hall–Kier alpha value is -1.64. The van der Waals surface area contributed by atoms with Gasteiger partial charge in [0.15, 0.2) is 0 Å². The van der Waals surface area contributed by atoms with Gasteiger partial charge in [-0.3, -0.25) is 0 Å². The Balaban J connectivity index is 3.31. The van der Waals surface area contributed by atoms with E-state index in [9.17, 15) is 14.7 Å². The van der Waals surface area contributed by atoms with Gasteiger partial charge in [0.2, 0.25) is 5.76 Å². The number of unbranched alkanes of at least 4 members (excludes halogenated alkanes) is 2. The Morgan fingerprint density at radius 2 is 1.80 bits per heavy atom. The molecule has 1 aliphatic heterocycles. The molecule has 0 aromatic heterocycles. The number of carbonyl (C=O) groups is 2. The molecule has 0 saturated carbocycles. The van der Waals surface area contributed by atoms with Crippen LogP contribution in [0.25, 0.3) is 0 Å². The fourth-order valence-electron chi connectivity index (χ4n) is 2.76. The fourth-order valence-corrected chi connectivity index (χ4v) is 2.76. The first kappa shape index (κ1) is 21.4. The summed E-state index contributed by atoms with van der Waals surface area (Å²) in [5, 5.41) is 10.8. The first-order chi connectivity index (χ1) is 11.9. The molecule has 0 saturated heterocycles. The van der Waals surface area contributed by atoms with E-state index in [2.05, 4.69) is 16.4 Å². The van der Waals surface area contributed by atoms with E-state index >= 15 is 0 Å². The average Bonchev–Trinajstić information content (AvgIpc) is 2.62. The van der Waals surface area contributed by atoms with Crippen LogP contribution in [-0.2, 0) is 33.3 Å². The smallest absolute Gasteiger partial charge is 0.374 e. The van der Waals surface area contributed by atoms with Crippen molar-refractivity contribution in [3.8, 4) is 0 Å². The highest BCUT2D eigenvalue weighted by atomic mass is 16.7. The number of ether oxygens (including phenoxy) is 5. The second-order valence-corrected chi connectivity index (χ2v) is 5.97. The molecule has 0 unspecified atom stereocenters. The number of aliphatic hydroxyl groups excluding tert-OH is 1. The van der Waals surface area contributed by atoms with E-state index in [-0.39, 0.29) is 18.1 Å². The summed E-state index contributed by atoms with van der Waals surface area (Å²) in [5.41, 5.74) is -1.61. The molecule has 0 fully saturated rings. The molecule has 1 rings (SSSR count).